The third-order valence-electron chi connectivity index (χ3n) is 7.56. The fourth-order valence-corrected chi connectivity index (χ4v) is 7.24. The third-order valence-corrected chi connectivity index (χ3v) is 9.58. The molecular weight excluding hydrogens is 580 g/mol. The van der Waals surface area contributed by atoms with Gasteiger partial charge in [0.25, 0.3) is 0 Å². The third kappa shape index (κ3) is 6.77. The lowest BCUT2D eigenvalue weighted by Crippen LogP contribution is -2.40. The molecule has 0 amide bonds. The predicted molar refractivity (Wildman–Crippen MR) is 169 cm³/mol. The molecule has 1 aliphatic heterocycles. The molecule has 2 atom stereocenters. The van der Waals surface area contributed by atoms with E-state index in [-0.39, 0.29) is 23.8 Å². The van der Waals surface area contributed by atoms with Gasteiger partial charge < -0.3 is 29.0 Å². The van der Waals surface area contributed by atoms with E-state index in [0.29, 0.717) is 36.1 Å². The highest BCUT2D eigenvalue weighted by molar-refractivity contribution is 7.89. The van der Waals surface area contributed by atoms with Gasteiger partial charge in [-0.15, -0.1) is 0 Å². The number of benzene rings is 4. The molecule has 0 bridgehead atoms. The first-order valence-corrected chi connectivity index (χ1v) is 15.8. The summed E-state index contributed by atoms with van der Waals surface area (Å²) < 4.78 is 59.4. The Hall–Kier alpha value is -4.25. The molecule has 10 heteroatoms. The Morgan fingerprint density at radius 1 is 0.864 bits per heavy atom. The number of anilines is 1. The molecule has 0 spiro atoms. The number of hydrogen-bond acceptors (Lipinski definition) is 8. The Kier molecular flexibility index (Phi) is 9.94. The molecule has 0 unspecified atom stereocenters. The van der Waals surface area contributed by atoms with Crippen molar-refractivity contribution < 1.29 is 32.1 Å². The van der Waals surface area contributed by atoms with Gasteiger partial charge in [0.15, 0.2) is 11.5 Å². The Morgan fingerprint density at radius 2 is 1.52 bits per heavy atom. The van der Waals surface area contributed by atoms with Gasteiger partial charge in [-0.1, -0.05) is 66.7 Å². The Balaban J connectivity index is 1.48. The maximum Gasteiger partial charge on any atom is 0.249 e. The summed E-state index contributed by atoms with van der Waals surface area (Å²) in [6.07, 6.45) is -0.536. The smallest absolute Gasteiger partial charge is 0.249 e. The van der Waals surface area contributed by atoms with Crippen LogP contribution in [0.15, 0.2) is 95.9 Å². The normalized spacial score (nSPS) is 16.6. The highest BCUT2D eigenvalue weighted by Gasteiger charge is 2.40. The van der Waals surface area contributed by atoms with Crippen LogP contribution < -0.4 is 24.3 Å². The molecule has 9 nitrogen and oxygen atoms in total. The van der Waals surface area contributed by atoms with Gasteiger partial charge in [-0.2, -0.15) is 4.31 Å². The molecule has 0 saturated heterocycles. The van der Waals surface area contributed by atoms with Gasteiger partial charge in [-0.3, -0.25) is 0 Å². The molecule has 0 fully saturated rings. The second-order valence-corrected chi connectivity index (χ2v) is 12.2. The predicted octanol–water partition coefficient (Wildman–Crippen LogP) is 6.05. The molecule has 4 aromatic carbocycles. The van der Waals surface area contributed by atoms with Gasteiger partial charge in [-0.05, 0) is 47.9 Å². The first kappa shape index (κ1) is 31.2. The average molecular weight is 619 g/mol. The van der Waals surface area contributed by atoms with Gasteiger partial charge in [0.1, 0.15) is 16.7 Å². The summed E-state index contributed by atoms with van der Waals surface area (Å²) in [6.45, 7) is 2.91. The zero-order valence-corrected chi connectivity index (χ0v) is 26.2. The summed E-state index contributed by atoms with van der Waals surface area (Å²) in [4.78, 5) is 0.0841. The van der Waals surface area contributed by atoms with E-state index in [1.54, 1.807) is 39.5 Å². The summed E-state index contributed by atoms with van der Waals surface area (Å²) in [5.74, 6) is 1.77. The van der Waals surface area contributed by atoms with Crippen molar-refractivity contribution in [2.75, 3.05) is 39.8 Å². The van der Waals surface area contributed by atoms with Crippen molar-refractivity contribution >= 4 is 15.7 Å². The minimum absolute atomic E-state index is 0.0841. The number of nitrogens with zero attached hydrogens (tertiary/aromatic N) is 1. The molecule has 1 heterocycles. The van der Waals surface area contributed by atoms with E-state index in [1.165, 1.54) is 4.31 Å². The van der Waals surface area contributed by atoms with Crippen LogP contribution in [-0.2, 0) is 27.9 Å². The number of rotatable bonds is 12. The van der Waals surface area contributed by atoms with E-state index in [1.807, 2.05) is 79.7 Å². The van der Waals surface area contributed by atoms with Gasteiger partial charge in [0.05, 0.1) is 46.8 Å². The second-order valence-electron chi connectivity index (χ2n) is 10.4. The van der Waals surface area contributed by atoms with Crippen LogP contribution in [0.2, 0.25) is 0 Å². The van der Waals surface area contributed by atoms with Gasteiger partial charge in [0.2, 0.25) is 15.8 Å². The van der Waals surface area contributed by atoms with Crippen LogP contribution in [-0.4, -0.2) is 53.3 Å². The maximum absolute atomic E-state index is 14.5. The average Bonchev–Trinajstić information content (AvgIpc) is 3.17. The quantitative estimate of drug-likeness (QED) is 0.205. The fourth-order valence-electron chi connectivity index (χ4n) is 5.31. The van der Waals surface area contributed by atoms with E-state index in [9.17, 15) is 8.42 Å². The van der Waals surface area contributed by atoms with E-state index in [2.05, 4.69) is 5.32 Å². The Morgan fingerprint density at radius 3 is 2.16 bits per heavy atom. The molecule has 44 heavy (non-hydrogen) atoms. The minimum Gasteiger partial charge on any atom is -0.493 e. The van der Waals surface area contributed by atoms with Crippen LogP contribution in [0, 0.1) is 0 Å². The second kappa shape index (κ2) is 14.0. The van der Waals surface area contributed by atoms with Crippen LogP contribution in [0.5, 0.6) is 23.0 Å². The first-order valence-electron chi connectivity index (χ1n) is 14.4. The molecule has 5 rings (SSSR count). The highest BCUT2D eigenvalue weighted by Crippen LogP contribution is 2.41. The van der Waals surface area contributed by atoms with Crippen molar-refractivity contribution in [2.45, 2.75) is 37.1 Å². The standard InChI is InChI=1S/C34H38N2O7S/c1-24(27-14-9-6-10-15-27)36-21-28(23-42-22-25-12-7-5-8-13-25)43-30-17-11-16-29(34(30)44(36,37)38)35-20-26-18-31(39-2)33(41-4)32(19-26)40-3/h5-19,24,28,35H,20-23H2,1-4H3/t24-,28+/m1/s1. The highest BCUT2D eigenvalue weighted by atomic mass is 32.2. The van der Waals surface area contributed by atoms with Crippen molar-refractivity contribution in [2.24, 2.45) is 0 Å². The van der Waals surface area contributed by atoms with E-state index in [4.69, 9.17) is 23.7 Å². The van der Waals surface area contributed by atoms with Crippen molar-refractivity contribution in [3.8, 4) is 23.0 Å². The van der Waals surface area contributed by atoms with Crippen LogP contribution >= 0.6 is 0 Å². The topological polar surface area (TPSA) is 95.6 Å². The lowest BCUT2D eigenvalue weighted by molar-refractivity contribution is 0.0314. The van der Waals surface area contributed by atoms with Gasteiger partial charge in [-0.25, -0.2) is 8.42 Å². The molecule has 0 radical (unpaired) electrons. The maximum atomic E-state index is 14.5. The Bertz CT molecular complexity index is 1620. The van der Waals surface area contributed by atoms with Crippen LogP contribution in [0.25, 0.3) is 0 Å². The fraction of sp³-hybridized carbons (Fsp3) is 0.294. The monoisotopic (exact) mass is 618 g/mol. The number of ether oxygens (including phenoxy) is 5. The number of nitrogens with one attached hydrogen (secondary N) is 1. The molecule has 0 aliphatic carbocycles. The summed E-state index contributed by atoms with van der Waals surface area (Å²) in [5, 5.41) is 3.32. The SMILES string of the molecule is COc1cc(CNc2cccc3c2S(=O)(=O)N([C@H](C)c2ccccc2)C[C@@H](COCc2ccccc2)O3)cc(OC)c1OC. The van der Waals surface area contributed by atoms with Gasteiger partial charge >= 0.3 is 0 Å². The minimum atomic E-state index is -4.03. The molecule has 4 aromatic rings. The lowest BCUT2D eigenvalue weighted by atomic mass is 10.1. The number of sulfonamides is 1. The summed E-state index contributed by atoms with van der Waals surface area (Å²) in [7, 11) is 0.626. The number of methoxy groups -OCH3 is 3. The van der Waals surface area contributed by atoms with Crippen LogP contribution in [0.3, 0.4) is 0 Å². The van der Waals surface area contributed by atoms with Crippen LogP contribution in [0.1, 0.15) is 29.7 Å². The van der Waals surface area contributed by atoms with E-state index in [0.717, 1.165) is 16.7 Å². The zero-order valence-electron chi connectivity index (χ0n) is 25.4. The number of fused-ring (bicyclic) bond motifs is 1. The molecular formula is C34H38N2O7S. The summed E-state index contributed by atoms with van der Waals surface area (Å²) in [6, 6.07) is 27.9. The summed E-state index contributed by atoms with van der Waals surface area (Å²) in [5.41, 5.74) is 3.14. The van der Waals surface area contributed by atoms with Crippen molar-refractivity contribution in [1.29, 1.82) is 0 Å². The van der Waals surface area contributed by atoms with E-state index >= 15 is 0 Å². The molecule has 1 N–H and O–H groups in total. The zero-order chi connectivity index (χ0) is 31.1. The number of hydrogen-bond donors (Lipinski definition) is 1. The van der Waals surface area contributed by atoms with Crippen molar-refractivity contribution in [3.63, 3.8) is 0 Å². The van der Waals surface area contributed by atoms with Crippen molar-refractivity contribution in [3.05, 3.63) is 108 Å². The van der Waals surface area contributed by atoms with Gasteiger partial charge in [0, 0.05) is 12.6 Å². The molecule has 1 aliphatic rings. The van der Waals surface area contributed by atoms with Crippen molar-refractivity contribution in [1.82, 2.24) is 4.31 Å². The largest absolute Gasteiger partial charge is 0.493 e. The Labute approximate surface area is 259 Å². The molecule has 0 saturated carbocycles. The summed E-state index contributed by atoms with van der Waals surface area (Å²) >= 11 is 0. The van der Waals surface area contributed by atoms with Crippen LogP contribution in [0.4, 0.5) is 5.69 Å². The first-order chi connectivity index (χ1) is 21.3. The molecule has 0 aromatic heterocycles. The lowest BCUT2D eigenvalue weighted by Gasteiger charge is -2.29. The molecule has 232 valence electrons. The van der Waals surface area contributed by atoms with E-state index < -0.39 is 22.2 Å².